The van der Waals surface area contributed by atoms with Gasteiger partial charge in [0.1, 0.15) is 5.75 Å². The number of aromatic nitrogens is 2. The van der Waals surface area contributed by atoms with Crippen LogP contribution in [-0.2, 0) is 0 Å². The molecule has 1 aromatic heterocycles. The average molecular weight is 254 g/mol. The molecule has 3 aromatic rings. The fourth-order valence-corrected chi connectivity index (χ4v) is 1.82. The van der Waals surface area contributed by atoms with Crippen molar-refractivity contribution in [3.05, 3.63) is 42.6 Å². The zero-order valence-corrected chi connectivity index (χ0v) is 9.78. The smallest absolute Gasteiger partial charge is 0.158 e. The number of benzene rings is 2. The van der Waals surface area contributed by atoms with E-state index in [1.54, 1.807) is 24.4 Å². The Balaban J connectivity index is 2.16. The van der Waals surface area contributed by atoms with E-state index in [4.69, 9.17) is 0 Å². The number of nitrogens with zero attached hydrogens (tertiary/aromatic N) is 2. The van der Waals surface area contributed by atoms with Crippen molar-refractivity contribution in [3.63, 3.8) is 0 Å². The first-order valence-electron chi connectivity index (χ1n) is 5.61. The molecule has 3 rings (SSSR count). The first kappa shape index (κ1) is 11.3. The third kappa shape index (κ3) is 2.01. The first-order chi connectivity index (χ1) is 9.13. The first-order valence-corrected chi connectivity index (χ1v) is 5.61. The molecule has 0 saturated carbocycles. The highest BCUT2D eigenvalue weighted by molar-refractivity contribution is 5.78. The largest absolute Gasteiger partial charge is 0.508 e. The lowest BCUT2D eigenvalue weighted by Gasteiger charge is -2.04. The molecule has 5 heteroatoms. The Bertz CT molecular complexity index is 772. The van der Waals surface area contributed by atoms with Gasteiger partial charge >= 0.3 is 0 Å². The molecule has 5 nitrogen and oxygen atoms in total. The Morgan fingerprint density at radius 2 is 1.63 bits per heavy atom. The van der Waals surface area contributed by atoms with Crippen LogP contribution in [-0.4, -0.2) is 25.3 Å². The summed E-state index contributed by atoms with van der Waals surface area (Å²) in [6.45, 7) is 0. The number of hydrogen-bond donors (Lipinski definition) is 3. The fourth-order valence-electron chi connectivity index (χ4n) is 1.82. The van der Waals surface area contributed by atoms with E-state index in [0.717, 1.165) is 0 Å². The second kappa shape index (κ2) is 4.13. The van der Waals surface area contributed by atoms with E-state index in [2.05, 4.69) is 9.97 Å². The number of aromatic hydroxyl groups is 3. The van der Waals surface area contributed by atoms with Crippen LogP contribution < -0.4 is 0 Å². The van der Waals surface area contributed by atoms with Crippen molar-refractivity contribution in [2.24, 2.45) is 0 Å². The molecule has 0 unspecified atom stereocenters. The molecule has 0 aliphatic carbocycles. The van der Waals surface area contributed by atoms with Crippen LogP contribution in [0.2, 0.25) is 0 Å². The van der Waals surface area contributed by atoms with E-state index in [1.807, 2.05) is 0 Å². The predicted octanol–water partition coefficient (Wildman–Crippen LogP) is 2.41. The van der Waals surface area contributed by atoms with Crippen LogP contribution in [0.15, 0.2) is 42.6 Å². The summed E-state index contributed by atoms with van der Waals surface area (Å²) in [7, 11) is 0. The summed E-state index contributed by atoms with van der Waals surface area (Å²) in [6, 6.07) is 9.17. The third-order valence-electron chi connectivity index (χ3n) is 2.80. The molecule has 0 atom stereocenters. The van der Waals surface area contributed by atoms with Gasteiger partial charge in [0.25, 0.3) is 0 Å². The van der Waals surface area contributed by atoms with Crippen LogP contribution in [0.3, 0.4) is 0 Å². The molecule has 0 bridgehead atoms. The zero-order valence-electron chi connectivity index (χ0n) is 9.78. The van der Waals surface area contributed by atoms with Gasteiger partial charge in [-0.2, -0.15) is 0 Å². The Labute approximate surface area is 108 Å². The minimum Gasteiger partial charge on any atom is -0.508 e. The molecule has 0 spiro atoms. The monoisotopic (exact) mass is 254 g/mol. The Morgan fingerprint density at radius 1 is 0.789 bits per heavy atom. The molecule has 0 aliphatic heterocycles. The van der Waals surface area contributed by atoms with E-state index in [-0.39, 0.29) is 17.2 Å². The maximum Gasteiger partial charge on any atom is 0.158 e. The normalized spacial score (nSPS) is 10.7. The van der Waals surface area contributed by atoms with Crippen molar-refractivity contribution in [2.75, 3.05) is 0 Å². The van der Waals surface area contributed by atoms with Crippen LogP contribution in [0.5, 0.6) is 17.2 Å². The van der Waals surface area contributed by atoms with Crippen LogP contribution in [0.1, 0.15) is 0 Å². The number of rotatable bonds is 1. The number of fused-ring (bicyclic) bond motifs is 1. The fraction of sp³-hybridized carbons (Fsp3) is 0. The Hall–Kier alpha value is -2.82. The summed E-state index contributed by atoms with van der Waals surface area (Å²) < 4.78 is 0. The van der Waals surface area contributed by atoms with E-state index in [0.29, 0.717) is 22.3 Å². The Kier molecular flexibility index (Phi) is 2.45. The van der Waals surface area contributed by atoms with Gasteiger partial charge in [0, 0.05) is 11.6 Å². The second-order valence-corrected chi connectivity index (χ2v) is 4.13. The van der Waals surface area contributed by atoms with Gasteiger partial charge in [-0.05, 0) is 30.3 Å². The average Bonchev–Trinajstić information content (AvgIpc) is 2.41. The summed E-state index contributed by atoms with van der Waals surface area (Å²) in [5.74, 6) is -0.280. The molecular weight excluding hydrogens is 244 g/mol. The van der Waals surface area contributed by atoms with Crippen molar-refractivity contribution in [3.8, 4) is 28.5 Å². The van der Waals surface area contributed by atoms with Crippen molar-refractivity contribution < 1.29 is 15.3 Å². The summed E-state index contributed by atoms with van der Waals surface area (Å²) in [4.78, 5) is 8.59. The molecule has 3 N–H and O–H groups in total. The van der Waals surface area contributed by atoms with E-state index in [9.17, 15) is 15.3 Å². The highest BCUT2D eigenvalue weighted by Crippen LogP contribution is 2.30. The van der Waals surface area contributed by atoms with Gasteiger partial charge in [0.2, 0.25) is 0 Å². The van der Waals surface area contributed by atoms with E-state index >= 15 is 0 Å². The third-order valence-corrected chi connectivity index (χ3v) is 2.80. The highest BCUT2D eigenvalue weighted by Gasteiger charge is 2.06. The van der Waals surface area contributed by atoms with E-state index in [1.165, 1.54) is 18.2 Å². The van der Waals surface area contributed by atoms with Gasteiger partial charge in [-0.15, -0.1) is 0 Å². The van der Waals surface area contributed by atoms with Gasteiger partial charge in [0.05, 0.1) is 22.9 Å². The van der Waals surface area contributed by atoms with Gasteiger partial charge in [-0.25, -0.2) is 4.98 Å². The van der Waals surface area contributed by atoms with Gasteiger partial charge in [-0.1, -0.05) is 0 Å². The molecule has 19 heavy (non-hydrogen) atoms. The van der Waals surface area contributed by atoms with Crippen LogP contribution in [0.25, 0.3) is 22.3 Å². The van der Waals surface area contributed by atoms with Crippen molar-refractivity contribution in [1.82, 2.24) is 9.97 Å². The SMILES string of the molecule is Oc1ccc2ncc(-c3ccc(O)c(O)c3)nc2c1. The molecule has 0 amide bonds. The lowest BCUT2D eigenvalue weighted by atomic mass is 10.1. The Morgan fingerprint density at radius 3 is 2.42 bits per heavy atom. The highest BCUT2D eigenvalue weighted by atomic mass is 16.3. The molecule has 0 aliphatic rings. The standard InChI is InChI=1S/C14H10N2O3/c17-9-2-3-10-11(6-9)16-12(7-15-10)8-1-4-13(18)14(19)5-8/h1-7,17-19H. The van der Waals surface area contributed by atoms with Crippen molar-refractivity contribution in [1.29, 1.82) is 0 Å². The quantitative estimate of drug-likeness (QED) is 0.580. The summed E-state index contributed by atoms with van der Waals surface area (Å²) in [5, 5.41) is 28.2. The van der Waals surface area contributed by atoms with E-state index < -0.39 is 0 Å². The van der Waals surface area contributed by atoms with Gasteiger partial charge < -0.3 is 15.3 Å². The topological polar surface area (TPSA) is 86.5 Å². The van der Waals surface area contributed by atoms with Crippen LogP contribution in [0, 0.1) is 0 Å². The van der Waals surface area contributed by atoms with Gasteiger partial charge in [0.15, 0.2) is 11.5 Å². The number of phenolic OH excluding ortho intramolecular Hbond substituents is 3. The molecule has 1 heterocycles. The molecule has 0 saturated heterocycles. The maximum absolute atomic E-state index is 9.48. The zero-order chi connectivity index (χ0) is 13.4. The number of hydrogen-bond acceptors (Lipinski definition) is 5. The predicted molar refractivity (Wildman–Crippen MR) is 70.0 cm³/mol. The molecule has 0 fully saturated rings. The molecule has 0 radical (unpaired) electrons. The minimum atomic E-state index is -0.213. The van der Waals surface area contributed by atoms with Crippen molar-refractivity contribution >= 4 is 11.0 Å². The molecule has 94 valence electrons. The van der Waals surface area contributed by atoms with Crippen molar-refractivity contribution in [2.45, 2.75) is 0 Å². The maximum atomic E-state index is 9.48. The summed E-state index contributed by atoms with van der Waals surface area (Å²) >= 11 is 0. The lowest BCUT2D eigenvalue weighted by Crippen LogP contribution is -1.88. The number of phenols is 3. The summed E-state index contributed by atoms with van der Waals surface area (Å²) in [5.41, 5.74) is 2.41. The second-order valence-electron chi connectivity index (χ2n) is 4.13. The molecule has 2 aromatic carbocycles. The van der Waals surface area contributed by atoms with Crippen LogP contribution in [0.4, 0.5) is 0 Å². The van der Waals surface area contributed by atoms with Crippen LogP contribution >= 0.6 is 0 Å². The summed E-state index contributed by atoms with van der Waals surface area (Å²) in [6.07, 6.45) is 1.57. The van der Waals surface area contributed by atoms with Gasteiger partial charge in [-0.3, -0.25) is 4.98 Å². The minimum absolute atomic E-state index is 0.118. The lowest BCUT2D eigenvalue weighted by molar-refractivity contribution is 0.404. The molecular formula is C14H10N2O3.